The molecule has 0 spiro atoms. The molecule has 0 N–H and O–H groups in total. The summed E-state index contributed by atoms with van der Waals surface area (Å²) in [7, 11) is 0. The smallest absolute Gasteiger partial charge is 0.223 e. The Hall–Kier alpha value is -2.62. The van der Waals surface area contributed by atoms with Gasteiger partial charge in [-0.3, -0.25) is 4.79 Å². The van der Waals surface area contributed by atoms with Crippen molar-refractivity contribution in [1.29, 1.82) is 10.5 Å². The van der Waals surface area contributed by atoms with Crippen LogP contribution >= 0.6 is 11.6 Å². The van der Waals surface area contributed by atoms with Gasteiger partial charge in [0.15, 0.2) is 5.78 Å². The summed E-state index contributed by atoms with van der Waals surface area (Å²) in [5, 5.41) is 18.6. The first-order valence-corrected chi connectivity index (χ1v) is 7.13. The number of hydrogen-bond donors (Lipinski definition) is 0. The van der Waals surface area contributed by atoms with Crippen LogP contribution in [0.1, 0.15) is 28.3 Å². The maximum atomic E-state index is 12.4. The van der Waals surface area contributed by atoms with Gasteiger partial charge in [-0.25, -0.2) is 0 Å². The minimum Gasteiger partial charge on any atom is -0.294 e. The van der Waals surface area contributed by atoms with Crippen LogP contribution < -0.4 is 0 Å². The molecule has 0 bridgehead atoms. The van der Waals surface area contributed by atoms with Crippen LogP contribution in [0.3, 0.4) is 0 Å². The van der Waals surface area contributed by atoms with Gasteiger partial charge in [0.25, 0.3) is 0 Å². The largest absolute Gasteiger partial charge is 0.294 e. The molecule has 3 nitrogen and oxygen atoms in total. The molecule has 0 unspecified atom stereocenters. The number of carbonyl (C=O) groups is 1. The van der Waals surface area contributed by atoms with Crippen LogP contribution in [0, 0.1) is 22.7 Å². The van der Waals surface area contributed by atoms with Gasteiger partial charge in [0.05, 0.1) is 0 Å². The van der Waals surface area contributed by atoms with Gasteiger partial charge < -0.3 is 0 Å². The molecule has 0 heterocycles. The first-order chi connectivity index (χ1) is 10.6. The SMILES string of the molecule is N#CC(Cl)(C#N)[C@H](CC(=O)c1ccccc1)c1ccccc1. The van der Waals surface area contributed by atoms with Crippen molar-refractivity contribution >= 4 is 17.4 Å². The van der Waals surface area contributed by atoms with Crippen LogP contribution in [0.4, 0.5) is 0 Å². The highest BCUT2D eigenvalue weighted by molar-refractivity contribution is 6.28. The number of alkyl halides is 1. The predicted octanol–water partition coefficient (Wildman–Crippen LogP) is 4.07. The van der Waals surface area contributed by atoms with Gasteiger partial charge in [0, 0.05) is 17.9 Å². The fourth-order valence-corrected chi connectivity index (χ4v) is 2.48. The van der Waals surface area contributed by atoms with E-state index in [2.05, 4.69) is 0 Å². The lowest BCUT2D eigenvalue weighted by Crippen LogP contribution is -2.29. The van der Waals surface area contributed by atoms with Crippen LogP contribution in [0.25, 0.3) is 0 Å². The highest BCUT2D eigenvalue weighted by Crippen LogP contribution is 2.37. The molecule has 2 aromatic carbocycles. The molecule has 108 valence electrons. The van der Waals surface area contributed by atoms with E-state index in [0.29, 0.717) is 11.1 Å². The molecule has 0 amide bonds. The average Bonchev–Trinajstić information content (AvgIpc) is 2.60. The summed E-state index contributed by atoms with van der Waals surface area (Å²) in [4.78, 5) is 10.7. The van der Waals surface area contributed by atoms with E-state index in [9.17, 15) is 15.3 Å². The molecular formula is C18H13ClN2O. The van der Waals surface area contributed by atoms with Crippen molar-refractivity contribution in [2.45, 2.75) is 17.2 Å². The van der Waals surface area contributed by atoms with Gasteiger partial charge in [-0.2, -0.15) is 10.5 Å². The highest BCUT2D eigenvalue weighted by atomic mass is 35.5. The van der Waals surface area contributed by atoms with E-state index in [0.717, 1.165) is 0 Å². The maximum Gasteiger partial charge on any atom is 0.223 e. The van der Waals surface area contributed by atoms with E-state index in [1.54, 1.807) is 48.5 Å². The zero-order valence-electron chi connectivity index (χ0n) is 11.7. The lowest BCUT2D eigenvalue weighted by Gasteiger charge is -2.23. The Morgan fingerprint density at radius 2 is 1.50 bits per heavy atom. The molecule has 4 heteroatoms. The Bertz CT molecular complexity index is 715. The maximum absolute atomic E-state index is 12.4. The Kier molecular flexibility index (Phi) is 4.94. The molecule has 2 aromatic rings. The van der Waals surface area contributed by atoms with E-state index in [-0.39, 0.29) is 12.2 Å². The summed E-state index contributed by atoms with van der Waals surface area (Å²) in [6.45, 7) is 0. The summed E-state index contributed by atoms with van der Waals surface area (Å²) in [6, 6.07) is 21.4. The van der Waals surface area contributed by atoms with E-state index < -0.39 is 10.8 Å². The number of ketones is 1. The normalized spacial score (nSPS) is 12.0. The van der Waals surface area contributed by atoms with Gasteiger partial charge in [-0.1, -0.05) is 72.3 Å². The van der Waals surface area contributed by atoms with Crippen molar-refractivity contribution in [3.05, 3.63) is 71.8 Å². The summed E-state index contributed by atoms with van der Waals surface area (Å²) in [5.41, 5.74) is 1.24. The van der Waals surface area contributed by atoms with Gasteiger partial charge in [0.2, 0.25) is 4.87 Å². The van der Waals surface area contributed by atoms with Crippen LogP contribution in [0.2, 0.25) is 0 Å². The Labute approximate surface area is 134 Å². The fourth-order valence-electron chi connectivity index (χ4n) is 2.28. The first-order valence-electron chi connectivity index (χ1n) is 6.75. The first kappa shape index (κ1) is 15.8. The number of carbonyl (C=O) groups excluding carboxylic acids is 1. The van der Waals surface area contributed by atoms with Crippen LogP contribution in [-0.4, -0.2) is 10.7 Å². The van der Waals surface area contributed by atoms with Crippen molar-refractivity contribution in [2.75, 3.05) is 0 Å². The van der Waals surface area contributed by atoms with Gasteiger partial charge in [0.1, 0.15) is 12.1 Å². The monoisotopic (exact) mass is 308 g/mol. The number of hydrogen-bond acceptors (Lipinski definition) is 3. The molecule has 0 aliphatic rings. The van der Waals surface area contributed by atoms with Gasteiger partial charge >= 0.3 is 0 Å². The van der Waals surface area contributed by atoms with Crippen molar-refractivity contribution in [3.8, 4) is 12.1 Å². The van der Waals surface area contributed by atoms with E-state index in [4.69, 9.17) is 11.6 Å². The van der Waals surface area contributed by atoms with Crippen molar-refractivity contribution < 1.29 is 4.79 Å². The molecule has 22 heavy (non-hydrogen) atoms. The number of benzene rings is 2. The predicted molar refractivity (Wildman–Crippen MR) is 84.4 cm³/mol. The molecule has 0 aliphatic heterocycles. The lowest BCUT2D eigenvalue weighted by molar-refractivity contribution is 0.0972. The quantitative estimate of drug-likeness (QED) is 0.618. The standard InChI is InChI=1S/C18H13ClN2O/c19-18(12-20,13-21)16(14-7-3-1-4-8-14)11-17(22)15-9-5-2-6-10-15/h1-10,16H,11H2/t16-/m1/s1. The molecule has 0 aromatic heterocycles. The number of nitrogens with zero attached hydrogens (tertiary/aromatic N) is 2. The molecular weight excluding hydrogens is 296 g/mol. The summed E-state index contributed by atoms with van der Waals surface area (Å²) < 4.78 is 0. The van der Waals surface area contributed by atoms with Crippen LogP contribution in [0.5, 0.6) is 0 Å². The van der Waals surface area contributed by atoms with Gasteiger partial charge in [-0.15, -0.1) is 0 Å². The third-order valence-electron chi connectivity index (χ3n) is 3.49. The van der Waals surface area contributed by atoms with Gasteiger partial charge in [-0.05, 0) is 5.56 Å². The topological polar surface area (TPSA) is 64.7 Å². The van der Waals surface area contributed by atoms with Crippen molar-refractivity contribution in [1.82, 2.24) is 0 Å². The van der Waals surface area contributed by atoms with Crippen molar-refractivity contribution in [2.24, 2.45) is 0 Å². The fraction of sp³-hybridized carbons (Fsp3) is 0.167. The van der Waals surface area contributed by atoms with Crippen LogP contribution in [0.15, 0.2) is 60.7 Å². The molecule has 1 atom stereocenters. The zero-order chi connectivity index (χ0) is 16.0. The minimum atomic E-state index is -1.77. The number of halogens is 1. The highest BCUT2D eigenvalue weighted by Gasteiger charge is 2.40. The molecule has 0 fully saturated rings. The molecule has 0 saturated heterocycles. The van der Waals surface area contributed by atoms with E-state index in [1.807, 2.05) is 24.3 Å². The number of rotatable bonds is 5. The summed E-state index contributed by atoms with van der Waals surface area (Å²) >= 11 is 6.17. The zero-order valence-corrected chi connectivity index (χ0v) is 12.5. The second kappa shape index (κ2) is 6.89. The molecule has 0 aliphatic carbocycles. The molecule has 2 rings (SSSR count). The average molecular weight is 309 g/mol. The number of nitriles is 2. The van der Waals surface area contributed by atoms with E-state index >= 15 is 0 Å². The Balaban J connectivity index is 2.37. The minimum absolute atomic E-state index is 0.00134. The second-order valence-electron chi connectivity index (χ2n) is 4.89. The van der Waals surface area contributed by atoms with Crippen LogP contribution in [-0.2, 0) is 0 Å². The van der Waals surface area contributed by atoms with Crippen molar-refractivity contribution in [3.63, 3.8) is 0 Å². The summed E-state index contributed by atoms with van der Waals surface area (Å²) in [6.07, 6.45) is -0.00134. The second-order valence-corrected chi connectivity index (χ2v) is 5.49. The number of Topliss-reactive ketones (excluding diaryl/α,β-unsaturated/α-hetero) is 1. The third-order valence-corrected chi connectivity index (χ3v) is 3.93. The molecule has 0 radical (unpaired) electrons. The molecule has 0 saturated carbocycles. The van der Waals surface area contributed by atoms with E-state index in [1.165, 1.54) is 0 Å². The Morgan fingerprint density at radius 1 is 1.00 bits per heavy atom. The Morgan fingerprint density at radius 3 is 2.00 bits per heavy atom. The third kappa shape index (κ3) is 3.34. The summed E-state index contributed by atoms with van der Waals surface area (Å²) in [5.74, 6) is -0.844. The lowest BCUT2D eigenvalue weighted by atomic mass is 9.82.